The third-order valence-electron chi connectivity index (χ3n) is 3.91. The average Bonchev–Trinajstić information content (AvgIpc) is 2.63. The number of thioether (sulfide) groups is 1. The van der Waals surface area contributed by atoms with Gasteiger partial charge in [0.2, 0.25) is 0 Å². The van der Waals surface area contributed by atoms with Crippen molar-refractivity contribution in [2.75, 3.05) is 0 Å². The molecular weight excluding hydrogens is 296 g/mol. The molecule has 0 aliphatic heterocycles. The first-order valence-electron chi connectivity index (χ1n) is 7.81. The molecule has 1 heteroatoms. The Morgan fingerprint density at radius 3 is 2.04 bits per heavy atom. The quantitative estimate of drug-likeness (QED) is 0.478. The Hall–Kier alpha value is -2.25. The third kappa shape index (κ3) is 3.75. The molecule has 114 valence electrons. The fourth-order valence-corrected chi connectivity index (χ4v) is 3.75. The predicted octanol–water partition coefficient (Wildman–Crippen LogP) is 6.60. The lowest BCUT2D eigenvalue weighted by atomic mass is 10.00. The van der Waals surface area contributed by atoms with Crippen LogP contribution in [-0.2, 0) is 0 Å². The maximum atomic E-state index is 4.32. The van der Waals surface area contributed by atoms with Gasteiger partial charge in [-0.05, 0) is 35.3 Å². The van der Waals surface area contributed by atoms with Gasteiger partial charge in [0.25, 0.3) is 0 Å². The highest BCUT2D eigenvalue weighted by molar-refractivity contribution is 7.99. The van der Waals surface area contributed by atoms with Crippen molar-refractivity contribution in [1.29, 1.82) is 0 Å². The van der Waals surface area contributed by atoms with E-state index in [0.29, 0.717) is 5.25 Å². The van der Waals surface area contributed by atoms with Crippen molar-refractivity contribution in [3.63, 3.8) is 0 Å². The smallest absolute Gasteiger partial charge is 0.0316 e. The van der Waals surface area contributed by atoms with Crippen molar-refractivity contribution in [2.24, 2.45) is 0 Å². The van der Waals surface area contributed by atoms with Crippen molar-refractivity contribution < 1.29 is 0 Å². The van der Waals surface area contributed by atoms with Crippen molar-refractivity contribution in [3.8, 4) is 0 Å². The van der Waals surface area contributed by atoms with E-state index in [-0.39, 0.29) is 0 Å². The Kier molecular flexibility index (Phi) is 4.99. The molecule has 0 heterocycles. The van der Waals surface area contributed by atoms with Crippen LogP contribution >= 0.6 is 11.8 Å². The lowest BCUT2D eigenvalue weighted by Gasteiger charge is -2.16. The highest BCUT2D eigenvalue weighted by Crippen LogP contribution is 2.39. The standard InChI is InChI=1S/C22H20S/c1-17(19-11-5-3-6-12-19)21-15-9-10-16-22(21)23-18(2)20-13-7-4-8-14-20/h3-16,18H,1H2,2H3. The Labute approximate surface area is 142 Å². The number of hydrogen-bond donors (Lipinski definition) is 0. The van der Waals surface area contributed by atoms with Gasteiger partial charge in [0.15, 0.2) is 0 Å². The van der Waals surface area contributed by atoms with Gasteiger partial charge in [-0.2, -0.15) is 0 Å². The molecule has 0 N–H and O–H groups in total. The molecule has 1 unspecified atom stereocenters. The molecule has 0 saturated carbocycles. The second kappa shape index (κ2) is 7.34. The van der Waals surface area contributed by atoms with Crippen LogP contribution in [0.25, 0.3) is 5.57 Å². The molecule has 0 bridgehead atoms. The fourth-order valence-electron chi connectivity index (χ4n) is 2.60. The largest absolute Gasteiger partial charge is 0.118 e. The molecule has 1 atom stereocenters. The van der Waals surface area contributed by atoms with Crippen LogP contribution in [0, 0.1) is 0 Å². The average molecular weight is 316 g/mol. The molecule has 3 aromatic rings. The summed E-state index contributed by atoms with van der Waals surface area (Å²) in [6.45, 7) is 6.57. The van der Waals surface area contributed by atoms with Crippen LogP contribution in [0.1, 0.15) is 28.9 Å². The van der Waals surface area contributed by atoms with E-state index < -0.39 is 0 Å². The van der Waals surface area contributed by atoms with Crippen LogP contribution in [0.2, 0.25) is 0 Å². The van der Waals surface area contributed by atoms with Gasteiger partial charge >= 0.3 is 0 Å². The maximum Gasteiger partial charge on any atom is 0.0316 e. The van der Waals surface area contributed by atoms with Crippen LogP contribution in [0.4, 0.5) is 0 Å². The molecule has 0 fully saturated rings. The minimum atomic E-state index is 0.404. The molecule has 0 aliphatic rings. The molecule has 3 aromatic carbocycles. The van der Waals surface area contributed by atoms with Gasteiger partial charge < -0.3 is 0 Å². The van der Waals surface area contributed by atoms with Crippen LogP contribution in [-0.4, -0.2) is 0 Å². The van der Waals surface area contributed by atoms with Gasteiger partial charge in [0.05, 0.1) is 0 Å². The summed E-state index contributed by atoms with van der Waals surface area (Å²) in [5, 5.41) is 0.404. The van der Waals surface area contributed by atoms with E-state index in [0.717, 1.165) is 5.57 Å². The van der Waals surface area contributed by atoms with Crippen LogP contribution < -0.4 is 0 Å². The first-order chi connectivity index (χ1) is 11.3. The van der Waals surface area contributed by atoms with Gasteiger partial charge in [-0.25, -0.2) is 0 Å². The van der Waals surface area contributed by atoms with Crippen molar-refractivity contribution in [1.82, 2.24) is 0 Å². The molecule has 23 heavy (non-hydrogen) atoms. The van der Waals surface area contributed by atoms with E-state index in [9.17, 15) is 0 Å². The topological polar surface area (TPSA) is 0 Å². The third-order valence-corrected chi connectivity index (χ3v) is 5.14. The lowest BCUT2D eigenvalue weighted by Crippen LogP contribution is -1.92. The minimum Gasteiger partial charge on any atom is -0.118 e. The summed E-state index contributed by atoms with van der Waals surface area (Å²) >= 11 is 1.89. The highest BCUT2D eigenvalue weighted by atomic mass is 32.2. The normalized spacial score (nSPS) is 11.9. The summed E-state index contributed by atoms with van der Waals surface area (Å²) < 4.78 is 0. The zero-order valence-corrected chi connectivity index (χ0v) is 14.1. The molecule has 0 saturated heterocycles. The van der Waals surface area contributed by atoms with Crippen molar-refractivity contribution in [2.45, 2.75) is 17.1 Å². The zero-order valence-electron chi connectivity index (χ0n) is 13.3. The number of rotatable bonds is 5. The van der Waals surface area contributed by atoms with Gasteiger partial charge in [0, 0.05) is 10.1 Å². The van der Waals surface area contributed by atoms with E-state index in [2.05, 4.69) is 92.4 Å². The van der Waals surface area contributed by atoms with E-state index >= 15 is 0 Å². The Bertz CT molecular complexity index is 775. The maximum absolute atomic E-state index is 4.32. The van der Waals surface area contributed by atoms with E-state index in [4.69, 9.17) is 0 Å². The number of benzene rings is 3. The SMILES string of the molecule is C=C(c1ccccc1)c1ccccc1SC(C)c1ccccc1. The molecular formula is C22H20S. The van der Waals surface area contributed by atoms with Crippen LogP contribution in [0.5, 0.6) is 0 Å². The first-order valence-corrected chi connectivity index (χ1v) is 8.69. The van der Waals surface area contributed by atoms with E-state index in [1.165, 1.54) is 21.6 Å². The molecule has 0 aliphatic carbocycles. The molecule has 0 nitrogen and oxygen atoms in total. The molecule has 0 spiro atoms. The predicted molar refractivity (Wildman–Crippen MR) is 102 cm³/mol. The summed E-state index contributed by atoms with van der Waals surface area (Å²) in [6, 6.07) is 29.5. The van der Waals surface area contributed by atoms with Gasteiger partial charge in [0.1, 0.15) is 0 Å². The monoisotopic (exact) mass is 316 g/mol. The van der Waals surface area contributed by atoms with Crippen LogP contribution in [0.3, 0.4) is 0 Å². The second-order valence-electron chi connectivity index (χ2n) is 5.51. The molecule has 0 radical (unpaired) electrons. The summed E-state index contributed by atoms with van der Waals surface area (Å²) in [5.74, 6) is 0. The van der Waals surface area contributed by atoms with E-state index in [1.54, 1.807) is 0 Å². The minimum absolute atomic E-state index is 0.404. The van der Waals surface area contributed by atoms with Gasteiger partial charge in [-0.15, -0.1) is 11.8 Å². The molecule has 3 rings (SSSR count). The Balaban J connectivity index is 1.88. The summed E-state index contributed by atoms with van der Waals surface area (Å²) in [4.78, 5) is 1.28. The van der Waals surface area contributed by atoms with Gasteiger partial charge in [-0.3, -0.25) is 0 Å². The molecule has 0 amide bonds. The Morgan fingerprint density at radius 1 is 0.783 bits per heavy atom. The molecule has 0 aromatic heterocycles. The second-order valence-corrected chi connectivity index (χ2v) is 6.89. The fraction of sp³-hybridized carbons (Fsp3) is 0.0909. The Morgan fingerprint density at radius 2 is 1.35 bits per heavy atom. The van der Waals surface area contributed by atoms with Crippen molar-refractivity contribution in [3.05, 3.63) is 108 Å². The van der Waals surface area contributed by atoms with Gasteiger partial charge in [-0.1, -0.05) is 85.4 Å². The highest BCUT2D eigenvalue weighted by Gasteiger charge is 2.12. The van der Waals surface area contributed by atoms with Crippen molar-refractivity contribution >= 4 is 17.3 Å². The summed E-state index contributed by atoms with van der Waals surface area (Å²) in [6.07, 6.45) is 0. The van der Waals surface area contributed by atoms with E-state index in [1.807, 2.05) is 17.8 Å². The first kappa shape index (κ1) is 15.6. The van der Waals surface area contributed by atoms with Crippen LogP contribution in [0.15, 0.2) is 96.4 Å². The zero-order chi connectivity index (χ0) is 16.1. The summed E-state index contributed by atoms with van der Waals surface area (Å²) in [7, 11) is 0. The lowest BCUT2D eigenvalue weighted by molar-refractivity contribution is 1.09. The number of hydrogen-bond acceptors (Lipinski definition) is 1. The summed E-state index contributed by atoms with van der Waals surface area (Å²) in [5.41, 5.74) is 4.81.